The Morgan fingerprint density at radius 1 is 1.18 bits per heavy atom. The monoisotopic (exact) mass is 498 g/mol. The fourth-order valence-corrected chi connectivity index (χ4v) is 3.29. The van der Waals surface area contributed by atoms with Gasteiger partial charge in [-0.2, -0.15) is 0 Å². The molecule has 2 aromatic rings. The molecule has 152 valence electrons. The van der Waals surface area contributed by atoms with Crippen LogP contribution in [0.15, 0.2) is 27.6 Å². The molecule has 2 N–H and O–H groups in total. The van der Waals surface area contributed by atoms with E-state index in [9.17, 15) is 0 Å². The van der Waals surface area contributed by atoms with Crippen molar-refractivity contribution in [1.29, 1.82) is 0 Å². The van der Waals surface area contributed by atoms with Crippen molar-refractivity contribution in [3.05, 3.63) is 41.1 Å². The van der Waals surface area contributed by atoms with Gasteiger partial charge in [0.2, 0.25) is 12.7 Å². The molecule has 0 radical (unpaired) electrons. The lowest BCUT2D eigenvalue weighted by atomic mass is 9.95. The summed E-state index contributed by atoms with van der Waals surface area (Å²) in [5.41, 5.74) is 2.33. The maximum Gasteiger partial charge on any atom is 0.231 e. The van der Waals surface area contributed by atoms with E-state index < -0.39 is 0 Å². The second kappa shape index (κ2) is 8.59. The van der Waals surface area contributed by atoms with Gasteiger partial charge in [-0.3, -0.25) is 0 Å². The highest BCUT2D eigenvalue weighted by molar-refractivity contribution is 14.0. The fourth-order valence-electron chi connectivity index (χ4n) is 3.29. The van der Waals surface area contributed by atoms with Crippen LogP contribution >= 0.6 is 24.0 Å². The maximum atomic E-state index is 5.61. The molecule has 0 unspecified atom stereocenters. The molecule has 1 saturated carbocycles. The first kappa shape index (κ1) is 20.8. The summed E-state index contributed by atoms with van der Waals surface area (Å²) >= 11 is 0. The number of hydrogen-bond acceptors (Lipinski definition) is 5. The van der Waals surface area contributed by atoms with Gasteiger partial charge in [0, 0.05) is 18.5 Å². The minimum absolute atomic E-state index is 0. The van der Waals surface area contributed by atoms with Gasteiger partial charge in [0.15, 0.2) is 17.5 Å². The first-order chi connectivity index (χ1) is 13.1. The molecule has 0 amide bonds. The number of aryl methyl sites for hydroxylation is 2. The maximum absolute atomic E-state index is 5.61. The van der Waals surface area contributed by atoms with Crippen LogP contribution in [0.4, 0.5) is 0 Å². The first-order valence-corrected chi connectivity index (χ1v) is 9.45. The topological polar surface area (TPSA) is 80.9 Å². The van der Waals surface area contributed by atoms with E-state index in [4.69, 9.17) is 13.9 Å². The summed E-state index contributed by atoms with van der Waals surface area (Å²) in [6, 6.07) is 6.26. The third kappa shape index (κ3) is 4.37. The van der Waals surface area contributed by atoms with E-state index in [1.54, 1.807) is 0 Å². The summed E-state index contributed by atoms with van der Waals surface area (Å²) in [4.78, 5) is 9.00. The van der Waals surface area contributed by atoms with Gasteiger partial charge in [-0.05, 0) is 51.3 Å². The highest BCUT2D eigenvalue weighted by Crippen LogP contribution is 2.49. The smallest absolute Gasteiger partial charge is 0.231 e. The van der Waals surface area contributed by atoms with Crippen LogP contribution in [-0.2, 0) is 12.0 Å². The molecule has 0 spiro atoms. The number of nitrogens with one attached hydrogen (secondary N) is 2. The van der Waals surface area contributed by atoms with Gasteiger partial charge in [0.05, 0.1) is 5.69 Å². The molecule has 1 aliphatic carbocycles. The van der Waals surface area contributed by atoms with Gasteiger partial charge in [0.1, 0.15) is 12.3 Å². The molecule has 0 bridgehead atoms. The number of fused-ring (bicyclic) bond motifs is 1. The SMILES string of the molecule is CCNC(=NCc1nc(C)c(C)o1)NCC1(c2ccc3c(c2)OCO3)CC1.I. The lowest BCUT2D eigenvalue weighted by molar-refractivity contribution is 0.174. The van der Waals surface area contributed by atoms with Gasteiger partial charge < -0.3 is 24.5 Å². The summed E-state index contributed by atoms with van der Waals surface area (Å²) in [7, 11) is 0. The van der Waals surface area contributed by atoms with Crippen LogP contribution in [0.3, 0.4) is 0 Å². The Balaban J connectivity index is 0.00000225. The summed E-state index contributed by atoms with van der Waals surface area (Å²) in [5, 5.41) is 6.77. The number of nitrogens with zero attached hydrogens (tertiary/aromatic N) is 2. The van der Waals surface area contributed by atoms with Gasteiger partial charge >= 0.3 is 0 Å². The molecule has 8 heteroatoms. The Morgan fingerprint density at radius 2 is 1.96 bits per heavy atom. The van der Waals surface area contributed by atoms with E-state index in [0.717, 1.165) is 54.8 Å². The summed E-state index contributed by atoms with van der Waals surface area (Å²) in [5.74, 6) is 3.93. The molecule has 0 atom stereocenters. The Morgan fingerprint density at radius 3 is 2.64 bits per heavy atom. The van der Waals surface area contributed by atoms with Crippen LogP contribution < -0.4 is 20.1 Å². The van der Waals surface area contributed by atoms with E-state index in [2.05, 4.69) is 39.7 Å². The van der Waals surface area contributed by atoms with Crippen LogP contribution in [-0.4, -0.2) is 30.8 Å². The largest absolute Gasteiger partial charge is 0.454 e. The first-order valence-electron chi connectivity index (χ1n) is 9.45. The molecule has 1 aromatic carbocycles. The average molecular weight is 498 g/mol. The Kier molecular flexibility index (Phi) is 6.36. The number of guanidine groups is 1. The van der Waals surface area contributed by atoms with Crippen molar-refractivity contribution < 1.29 is 13.9 Å². The van der Waals surface area contributed by atoms with Crippen molar-refractivity contribution in [2.75, 3.05) is 19.9 Å². The lowest BCUT2D eigenvalue weighted by Crippen LogP contribution is -2.41. The number of aromatic nitrogens is 1. The molecule has 2 aliphatic rings. The van der Waals surface area contributed by atoms with Crippen molar-refractivity contribution in [3.63, 3.8) is 0 Å². The minimum Gasteiger partial charge on any atom is -0.454 e. The summed E-state index contributed by atoms with van der Waals surface area (Å²) in [6.45, 7) is 8.26. The van der Waals surface area contributed by atoms with Gasteiger partial charge in [-0.15, -0.1) is 24.0 Å². The number of oxazole rings is 1. The zero-order chi connectivity index (χ0) is 18.9. The summed E-state index contributed by atoms with van der Waals surface area (Å²) < 4.78 is 16.6. The molecule has 1 aliphatic heterocycles. The molecule has 4 rings (SSSR count). The second-order valence-corrected chi connectivity index (χ2v) is 7.15. The fraction of sp³-hybridized carbons (Fsp3) is 0.500. The van der Waals surface area contributed by atoms with Crippen molar-refractivity contribution >= 4 is 29.9 Å². The number of aliphatic imine (C=N–C) groups is 1. The highest BCUT2D eigenvalue weighted by atomic mass is 127. The predicted molar refractivity (Wildman–Crippen MR) is 118 cm³/mol. The van der Waals surface area contributed by atoms with Crippen LogP contribution in [0, 0.1) is 13.8 Å². The number of benzene rings is 1. The van der Waals surface area contributed by atoms with Crippen LogP contribution in [0.5, 0.6) is 11.5 Å². The normalized spacial score (nSPS) is 16.5. The lowest BCUT2D eigenvalue weighted by Gasteiger charge is -2.19. The second-order valence-electron chi connectivity index (χ2n) is 7.15. The van der Waals surface area contributed by atoms with E-state index in [1.165, 1.54) is 5.56 Å². The van der Waals surface area contributed by atoms with Crippen LogP contribution in [0.25, 0.3) is 0 Å². The van der Waals surface area contributed by atoms with Crippen LogP contribution in [0.2, 0.25) is 0 Å². The number of hydrogen-bond donors (Lipinski definition) is 2. The van der Waals surface area contributed by atoms with E-state index >= 15 is 0 Å². The van der Waals surface area contributed by atoms with E-state index in [1.807, 2.05) is 19.9 Å². The summed E-state index contributed by atoms with van der Waals surface area (Å²) in [6.07, 6.45) is 2.30. The number of rotatable bonds is 6. The zero-order valence-corrected chi connectivity index (χ0v) is 18.8. The number of halogens is 1. The molecule has 28 heavy (non-hydrogen) atoms. The average Bonchev–Trinajstić information content (AvgIpc) is 3.18. The van der Waals surface area contributed by atoms with Crippen molar-refractivity contribution in [3.8, 4) is 11.5 Å². The Hall–Kier alpha value is -1.97. The molecule has 1 fully saturated rings. The zero-order valence-electron chi connectivity index (χ0n) is 16.5. The molecule has 2 heterocycles. The van der Waals surface area contributed by atoms with E-state index in [0.29, 0.717) is 19.2 Å². The van der Waals surface area contributed by atoms with Crippen molar-refractivity contribution in [1.82, 2.24) is 15.6 Å². The van der Waals surface area contributed by atoms with Gasteiger partial charge in [-0.25, -0.2) is 9.98 Å². The number of ether oxygens (including phenoxy) is 2. The third-order valence-corrected chi connectivity index (χ3v) is 5.22. The van der Waals surface area contributed by atoms with Crippen LogP contribution in [0.1, 0.15) is 42.7 Å². The molecule has 7 nitrogen and oxygen atoms in total. The van der Waals surface area contributed by atoms with Gasteiger partial charge in [0.25, 0.3) is 0 Å². The third-order valence-electron chi connectivity index (χ3n) is 5.22. The molecule has 1 aromatic heterocycles. The standard InChI is InChI=1S/C20H26N4O3.HI/c1-4-21-19(22-10-18-24-13(2)14(3)27-18)23-11-20(7-8-20)15-5-6-16-17(9-15)26-12-25-16;/h5-6,9H,4,7-8,10-12H2,1-3H3,(H2,21,22,23);1H. The Bertz CT molecular complexity index is 842. The molecular formula is C20H27IN4O3. The Labute approximate surface area is 182 Å². The highest BCUT2D eigenvalue weighted by Gasteiger charge is 2.44. The predicted octanol–water partition coefficient (Wildman–Crippen LogP) is 3.43. The van der Waals surface area contributed by atoms with Crippen molar-refractivity contribution in [2.24, 2.45) is 4.99 Å². The van der Waals surface area contributed by atoms with Gasteiger partial charge in [-0.1, -0.05) is 6.07 Å². The van der Waals surface area contributed by atoms with E-state index in [-0.39, 0.29) is 29.4 Å². The van der Waals surface area contributed by atoms with Crippen molar-refractivity contribution in [2.45, 2.75) is 45.6 Å². The molecule has 0 saturated heterocycles. The minimum atomic E-state index is 0. The molecular weight excluding hydrogens is 471 g/mol. The quantitative estimate of drug-likeness (QED) is 0.361.